The van der Waals surface area contributed by atoms with E-state index in [4.69, 9.17) is 4.74 Å². The van der Waals surface area contributed by atoms with E-state index < -0.39 is 5.41 Å². The Labute approximate surface area is 154 Å². The van der Waals surface area contributed by atoms with Crippen LogP contribution < -0.4 is 0 Å². The fourth-order valence-corrected chi connectivity index (χ4v) is 5.05. The molecule has 1 aromatic carbocycles. The third kappa shape index (κ3) is 2.61. The summed E-state index contributed by atoms with van der Waals surface area (Å²) in [5, 5.41) is 0. The van der Waals surface area contributed by atoms with Gasteiger partial charge in [-0.05, 0) is 37.7 Å². The van der Waals surface area contributed by atoms with Crippen LogP contribution in [-0.4, -0.2) is 47.5 Å². The number of carbonyl (C=O) groups is 2. The Kier molecular flexibility index (Phi) is 4.47. The highest BCUT2D eigenvalue weighted by Crippen LogP contribution is 2.52. The van der Waals surface area contributed by atoms with Gasteiger partial charge in [0.15, 0.2) is 0 Å². The lowest BCUT2D eigenvalue weighted by atomic mass is 9.62. The first-order valence-electron chi connectivity index (χ1n) is 9.60. The van der Waals surface area contributed by atoms with Crippen LogP contribution in [0, 0.1) is 11.3 Å². The first-order chi connectivity index (χ1) is 12.7. The van der Waals surface area contributed by atoms with Gasteiger partial charge < -0.3 is 14.5 Å². The summed E-state index contributed by atoms with van der Waals surface area (Å²) in [6.45, 7) is 4.20. The molecule has 26 heavy (non-hydrogen) atoms. The Hall–Kier alpha value is -2.30. The zero-order chi connectivity index (χ0) is 18.1. The molecule has 0 bridgehead atoms. The molecule has 1 aliphatic carbocycles. The molecule has 0 unspecified atom stereocenters. The van der Waals surface area contributed by atoms with Crippen molar-refractivity contribution in [3.05, 3.63) is 48.0 Å². The van der Waals surface area contributed by atoms with Crippen molar-refractivity contribution in [1.29, 1.82) is 0 Å². The number of benzene rings is 1. The monoisotopic (exact) mass is 354 g/mol. The summed E-state index contributed by atoms with van der Waals surface area (Å²) in [6, 6.07) is 10.1. The van der Waals surface area contributed by atoms with Crippen molar-refractivity contribution in [2.45, 2.75) is 38.8 Å². The van der Waals surface area contributed by atoms with Crippen LogP contribution in [0.25, 0.3) is 0 Å². The maximum absolute atomic E-state index is 13.6. The van der Waals surface area contributed by atoms with Gasteiger partial charge >= 0.3 is 6.09 Å². The zero-order valence-corrected chi connectivity index (χ0v) is 15.3. The minimum atomic E-state index is -0.478. The number of nitrogens with zero attached hydrogens (tertiary/aromatic N) is 2. The van der Waals surface area contributed by atoms with E-state index in [1.165, 1.54) is 0 Å². The lowest BCUT2D eigenvalue weighted by molar-refractivity contribution is -0.152. The summed E-state index contributed by atoms with van der Waals surface area (Å²) in [5.41, 5.74) is 0.674. The minimum Gasteiger partial charge on any atom is -0.450 e. The lowest BCUT2D eigenvalue weighted by Gasteiger charge is -2.49. The number of piperidine rings is 1. The molecule has 0 N–H and O–H groups in total. The molecule has 2 amide bonds. The van der Waals surface area contributed by atoms with Crippen LogP contribution in [0.4, 0.5) is 4.79 Å². The average molecular weight is 354 g/mol. The normalized spacial score (nSPS) is 30.1. The predicted molar refractivity (Wildman–Crippen MR) is 98.3 cm³/mol. The topological polar surface area (TPSA) is 49.9 Å². The van der Waals surface area contributed by atoms with Crippen LogP contribution in [0.1, 0.15) is 31.7 Å². The molecule has 2 saturated heterocycles. The van der Waals surface area contributed by atoms with Gasteiger partial charge in [-0.25, -0.2) is 4.79 Å². The average Bonchev–Trinajstić information content (AvgIpc) is 3.06. The molecule has 0 saturated carbocycles. The van der Waals surface area contributed by atoms with Gasteiger partial charge in [0.05, 0.1) is 18.1 Å². The van der Waals surface area contributed by atoms with E-state index >= 15 is 0 Å². The van der Waals surface area contributed by atoms with Gasteiger partial charge in [0, 0.05) is 19.6 Å². The fourth-order valence-electron chi connectivity index (χ4n) is 5.05. The van der Waals surface area contributed by atoms with E-state index in [0.29, 0.717) is 19.7 Å². The Morgan fingerprint density at radius 1 is 1.27 bits per heavy atom. The second kappa shape index (κ2) is 6.78. The van der Waals surface area contributed by atoms with Crippen LogP contribution in [0.3, 0.4) is 0 Å². The SMILES string of the molecule is CCOC(=O)N1CC[C@]23C(=O)N(Cc4ccccc4)CC[C@H]2C=CC[C@H]13. The highest BCUT2D eigenvalue weighted by molar-refractivity contribution is 5.87. The first-order valence-corrected chi connectivity index (χ1v) is 9.60. The number of hydrogen-bond acceptors (Lipinski definition) is 3. The Balaban J connectivity index is 1.61. The van der Waals surface area contributed by atoms with Crippen LogP contribution in [0.5, 0.6) is 0 Å². The lowest BCUT2D eigenvalue weighted by Crippen LogP contribution is -2.59. The van der Waals surface area contributed by atoms with Crippen molar-refractivity contribution >= 4 is 12.0 Å². The van der Waals surface area contributed by atoms with Crippen molar-refractivity contribution < 1.29 is 14.3 Å². The van der Waals surface area contributed by atoms with E-state index in [1.807, 2.05) is 30.0 Å². The number of allylic oxidation sites excluding steroid dienone is 1. The van der Waals surface area contributed by atoms with Crippen LogP contribution in [0.2, 0.25) is 0 Å². The number of carbonyl (C=O) groups excluding carboxylic acids is 2. The van der Waals surface area contributed by atoms with E-state index in [9.17, 15) is 9.59 Å². The Bertz CT molecular complexity index is 717. The van der Waals surface area contributed by atoms with Crippen molar-refractivity contribution in [1.82, 2.24) is 9.80 Å². The maximum atomic E-state index is 13.6. The van der Waals surface area contributed by atoms with Gasteiger partial charge in [0.2, 0.25) is 5.91 Å². The van der Waals surface area contributed by atoms with Crippen LogP contribution in [-0.2, 0) is 16.1 Å². The molecule has 0 aromatic heterocycles. The number of amides is 2. The van der Waals surface area contributed by atoms with Gasteiger partial charge in [-0.1, -0.05) is 42.5 Å². The molecule has 4 rings (SSSR count). The predicted octanol–water partition coefficient (Wildman–Crippen LogP) is 3.21. The van der Waals surface area contributed by atoms with Crippen LogP contribution in [0.15, 0.2) is 42.5 Å². The summed E-state index contributed by atoms with van der Waals surface area (Å²) in [7, 11) is 0. The molecule has 3 atom stereocenters. The van der Waals surface area contributed by atoms with Crippen molar-refractivity contribution in [3.63, 3.8) is 0 Å². The fraction of sp³-hybridized carbons (Fsp3) is 0.524. The standard InChI is InChI=1S/C21H26N2O3/c1-2-26-20(25)23-14-12-21-17(9-6-10-18(21)23)11-13-22(19(21)24)15-16-7-4-3-5-8-16/h3-9,17-18H,2,10-15H2,1H3/t17-,18+,21+/m1/s1. The van der Waals surface area contributed by atoms with Crippen LogP contribution >= 0.6 is 0 Å². The van der Waals surface area contributed by atoms with Crippen molar-refractivity contribution in [2.24, 2.45) is 11.3 Å². The van der Waals surface area contributed by atoms with Gasteiger partial charge in [-0.3, -0.25) is 4.79 Å². The highest BCUT2D eigenvalue weighted by Gasteiger charge is 2.61. The maximum Gasteiger partial charge on any atom is 0.410 e. The molecular weight excluding hydrogens is 328 g/mol. The summed E-state index contributed by atoms with van der Waals surface area (Å²) in [4.78, 5) is 29.8. The highest BCUT2D eigenvalue weighted by atomic mass is 16.6. The molecule has 138 valence electrons. The van der Waals surface area contributed by atoms with Gasteiger partial charge in [0.1, 0.15) is 0 Å². The molecule has 2 heterocycles. The van der Waals surface area contributed by atoms with Gasteiger partial charge in [0.25, 0.3) is 0 Å². The smallest absolute Gasteiger partial charge is 0.410 e. The number of rotatable bonds is 3. The summed E-state index contributed by atoms with van der Waals surface area (Å²) in [5.74, 6) is 0.430. The van der Waals surface area contributed by atoms with Crippen molar-refractivity contribution in [3.8, 4) is 0 Å². The summed E-state index contributed by atoms with van der Waals surface area (Å²) in [6.07, 6.45) is 6.50. The van der Waals surface area contributed by atoms with Gasteiger partial charge in [-0.2, -0.15) is 0 Å². The number of likely N-dealkylation sites (tertiary alicyclic amines) is 2. The number of hydrogen-bond donors (Lipinski definition) is 0. The number of ether oxygens (including phenoxy) is 1. The molecule has 5 nitrogen and oxygen atoms in total. The molecule has 2 aliphatic heterocycles. The Morgan fingerprint density at radius 2 is 2.08 bits per heavy atom. The molecule has 1 aromatic rings. The molecule has 5 heteroatoms. The second-order valence-corrected chi connectivity index (χ2v) is 7.47. The van der Waals surface area contributed by atoms with E-state index in [2.05, 4.69) is 24.3 Å². The second-order valence-electron chi connectivity index (χ2n) is 7.47. The molecular formula is C21H26N2O3. The van der Waals surface area contributed by atoms with E-state index in [0.717, 1.165) is 31.4 Å². The van der Waals surface area contributed by atoms with E-state index in [-0.39, 0.29) is 24.0 Å². The third-order valence-electron chi connectivity index (χ3n) is 6.24. The van der Waals surface area contributed by atoms with E-state index in [1.54, 1.807) is 4.90 Å². The minimum absolute atomic E-state index is 0.0809. The summed E-state index contributed by atoms with van der Waals surface area (Å²) >= 11 is 0. The quantitative estimate of drug-likeness (QED) is 0.783. The third-order valence-corrected chi connectivity index (χ3v) is 6.24. The Morgan fingerprint density at radius 3 is 2.85 bits per heavy atom. The summed E-state index contributed by atoms with van der Waals surface area (Å²) < 4.78 is 5.25. The zero-order valence-electron chi connectivity index (χ0n) is 15.3. The molecule has 0 radical (unpaired) electrons. The van der Waals surface area contributed by atoms with Gasteiger partial charge in [-0.15, -0.1) is 0 Å². The molecule has 2 fully saturated rings. The van der Waals surface area contributed by atoms with Crippen molar-refractivity contribution in [2.75, 3.05) is 19.7 Å². The molecule has 3 aliphatic rings. The first kappa shape index (κ1) is 17.1. The molecule has 1 spiro atoms. The largest absolute Gasteiger partial charge is 0.450 e.